The van der Waals surface area contributed by atoms with E-state index in [9.17, 15) is 25.2 Å². The van der Waals surface area contributed by atoms with Crippen LogP contribution in [0, 0.1) is 11.3 Å². The minimum absolute atomic E-state index is 0.0669. The number of carbonyl (C=O) groups is 2. The number of hydrogen-bond acceptors (Lipinski definition) is 10. The Morgan fingerprint density at radius 1 is 1.17 bits per heavy atom. The van der Waals surface area contributed by atoms with Crippen molar-refractivity contribution in [1.29, 1.82) is 5.26 Å². The Bertz CT molecular complexity index is 1470. The summed E-state index contributed by atoms with van der Waals surface area (Å²) in [5.41, 5.74) is -0.821. The van der Waals surface area contributed by atoms with Crippen molar-refractivity contribution in [3.63, 3.8) is 0 Å². The maximum Gasteiger partial charge on any atom is 0.435 e. The SMILES string of the molecule is CC(=O)C1(N(O)C(=O)OC(C)(C)C)CCN(c2ccc(-c3cc(OCC(C)(C)O)cn4ncc(C#N)c34)cn2)CC1. The molecule has 218 valence electrons. The van der Waals surface area contributed by atoms with Crippen LogP contribution in [0.4, 0.5) is 10.6 Å². The van der Waals surface area contributed by atoms with E-state index in [0.29, 0.717) is 46.4 Å². The Hall–Kier alpha value is -4.21. The third-order valence-electron chi connectivity index (χ3n) is 6.90. The molecule has 0 bridgehead atoms. The highest BCUT2D eigenvalue weighted by molar-refractivity contribution is 5.90. The highest BCUT2D eigenvalue weighted by Crippen LogP contribution is 2.34. The molecule has 1 fully saturated rings. The standard InChI is InChI=1S/C29H36N6O6/c1-19(36)29(35(39)26(37)41-27(2,3)4)9-11-33(12-10-29)24-8-7-20(15-31-24)23-13-22(40-18-28(5,6)38)17-34-25(23)21(14-30)16-32-34/h7-8,13,15-17,38-39H,9-12,18H2,1-6H3. The molecule has 41 heavy (non-hydrogen) atoms. The number of hydrogen-bond donors (Lipinski definition) is 2. The van der Waals surface area contributed by atoms with Crippen LogP contribution in [0.25, 0.3) is 16.6 Å². The van der Waals surface area contributed by atoms with Crippen LogP contribution >= 0.6 is 0 Å². The molecular formula is C29H36N6O6. The fourth-order valence-electron chi connectivity index (χ4n) is 4.77. The van der Waals surface area contributed by atoms with Crippen molar-refractivity contribution in [2.45, 2.75) is 71.1 Å². The van der Waals surface area contributed by atoms with Crippen LogP contribution in [0.3, 0.4) is 0 Å². The lowest BCUT2D eigenvalue weighted by molar-refractivity contribution is -0.175. The van der Waals surface area contributed by atoms with Gasteiger partial charge in [-0.2, -0.15) is 15.4 Å². The average molecular weight is 565 g/mol. The number of nitrogens with zero attached hydrogens (tertiary/aromatic N) is 6. The summed E-state index contributed by atoms with van der Waals surface area (Å²) < 4.78 is 12.7. The van der Waals surface area contributed by atoms with Gasteiger partial charge in [-0.3, -0.25) is 10.0 Å². The summed E-state index contributed by atoms with van der Waals surface area (Å²) >= 11 is 0. The summed E-state index contributed by atoms with van der Waals surface area (Å²) in [6, 6.07) is 7.66. The van der Waals surface area contributed by atoms with E-state index >= 15 is 0 Å². The minimum atomic E-state index is -1.39. The molecule has 1 amide bonds. The second-order valence-electron chi connectivity index (χ2n) is 11.9. The quantitative estimate of drug-likeness (QED) is 0.318. The number of rotatable bonds is 7. The van der Waals surface area contributed by atoms with Gasteiger partial charge >= 0.3 is 6.09 Å². The summed E-state index contributed by atoms with van der Waals surface area (Å²) in [7, 11) is 0. The zero-order valence-corrected chi connectivity index (χ0v) is 24.2. The fraction of sp³-hybridized carbons (Fsp3) is 0.483. The number of carbonyl (C=O) groups excluding carboxylic acids is 2. The van der Waals surface area contributed by atoms with Gasteiger partial charge in [0.15, 0.2) is 5.78 Å². The molecule has 0 spiro atoms. The molecule has 1 aliphatic heterocycles. The molecular weight excluding hydrogens is 528 g/mol. The second-order valence-corrected chi connectivity index (χ2v) is 11.9. The van der Waals surface area contributed by atoms with E-state index in [1.165, 1.54) is 13.1 Å². The first-order valence-corrected chi connectivity index (χ1v) is 13.3. The van der Waals surface area contributed by atoms with E-state index in [1.54, 1.807) is 57.6 Å². The Balaban J connectivity index is 1.56. The fourth-order valence-corrected chi connectivity index (χ4v) is 4.77. The number of Topliss-reactive ketones (excluding diaryl/α,β-unsaturated/α-hetero) is 1. The highest BCUT2D eigenvalue weighted by Gasteiger charge is 2.48. The van der Waals surface area contributed by atoms with Gasteiger partial charge in [-0.15, -0.1) is 0 Å². The van der Waals surface area contributed by atoms with Gasteiger partial charge in [-0.25, -0.2) is 14.3 Å². The van der Waals surface area contributed by atoms with Gasteiger partial charge < -0.3 is 19.5 Å². The van der Waals surface area contributed by atoms with E-state index in [1.807, 2.05) is 17.0 Å². The van der Waals surface area contributed by atoms with Crippen LogP contribution < -0.4 is 9.64 Å². The third-order valence-corrected chi connectivity index (χ3v) is 6.90. The van der Waals surface area contributed by atoms with Gasteiger partial charge in [-0.05, 0) is 72.6 Å². The number of amides is 1. The molecule has 0 unspecified atom stereocenters. The number of nitriles is 1. The van der Waals surface area contributed by atoms with E-state index in [-0.39, 0.29) is 25.2 Å². The number of ether oxygens (including phenoxy) is 2. The Morgan fingerprint density at radius 3 is 2.39 bits per heavy atom. The second kappa shape index (κ2) is 11.0. The van der Waals surface area contributed by atoms with Crippen molar-refractivity contribution in [3.05, 3.63) is 42.4 Å². The molecule has 0 aliphatic carbocycles. The molecule has 0 atom stereocenters. The highest BCUT2D eigenvalue weighted by atomic mass is 16.6. The normalized spacial score (nSPS) is 15.3. The number of piperidine rings is 1. The molecule has 12 nitrogen and oxygen atoms in total. The van der Waals surface area contributed by atoms with Crippen LogP contribution in [0.1, 0.15) is 59.9 Å². The van der Waals surface area contributed by atoms with Gasteiger partial charge in [0.25, 0.3) is 0 Å². The number of aliphatic hydroxyl groups is 1. The van der Waals surface area contributed by atoms with Crippen molar-refractivity contribution in [2.75, 3.05) is 24.6 Å². The van der Waals surface area contributed by atoms with Crippen LogP contribution in [-0.4, -0.2) is 78.3 Å². The van der Waals surface area contributed by atoms with E-state index in [2.05, 4.69) is 16.2 Å². The van der Waals surface area contributed by atoms with Crippen molar-refractivity contribution in [1.82, 2.24) is 19.7 Å². The molecule has 1 saturated heterocycles. The van der Waals surface area contributed by atoms with Gasteiger partial charge in [0, 0.05) is 30.4 Å². The molecule has 3 aromatic rings. The number of hydroxylamine groups is 2. The lowest BCUT2D eigenvalue weighted by Gasteiger charge is -2.44. The van der Waals surface area contributed by atoms with E-state index in [4.69, 9.17) is 9.47 Å². The summed E-state index contributed by atoms with van der Waals surface area (Å²) in [5, 5.41) is 35.2. The van der Waals surface area contributed by atoms with Gasteiger partial charge in [0.2, 0.25) is 0 Å². The summed E-state index contributed by atoms with van der Waals surface area (Å²) in [4.78, 5) is 31.8. The average Bonchev–Trinajstić information content (AvgIpc) is 3.33. The molecule has 0 saturated carbocycles. The number of ketones is 1. The smallest absolute Gasteiger partial charge is 0.435 e. The van der Waals surface area contributed by atoms with E-state index < -0.39 is 22.8 Å². The number of fused-ring (bicyclic) bond motifs is 1. The number of anilines is 1. The number of pyridine rings is 2. The monoisotopic (exact) mass is 564 g/mol. The zero-order chi connectivity index (χ0) is 30.2. The summed E-state index contributed by atoms with van der Waals surface area (Å²) in [5.74, 6) is 0.812. The first-order chi connectivity index (χ1) is 19.1. The largest absolute Gasteiger partial charge is 0.489 e. The molecule has 1 aliphatic rings. The van der Waals surface area contributed by atoms with Gasteiger partial charge in [0.05, 0.1) is 29.1 Å². The molecule has 4 rings (SSSR count). The maximum absolute atomic E-state index is 12.6. The molecule has 3 aromatic heterocycles. The van der Waals surface area contributed by atoms with Crippen LogP contribution in [-0.2, 0) is 9.53 Å². The molecule has 2 N–H and O–H groups in total. The predicted molar refractivity (Wildman–Crippen MR) is 150 cm³/mol. The van der Waals surface area contributed by atoms with Crippen LogP contribution in [0.15, 0.2) is 36.8 Å². The van der Waals surface area contributed by atoms with Gasteiger partial charge in [0.1, 0.15) is 35.4 Å². The van der Waals surface area contributed by atoms with Crippen molar-refractivity contribution in [3.8, 4) is 22.9 Å². The Kier molecular flexibility index (Phi) is 7.98. The Morgan fingerprint density at radius 2 is 1.85 bits per heavy atom. The van der Waals surface area contributed by atoms with E-state index in [0.717, 1.165) is 5.56 Å². The third kappa shape index (κ3) is 6.42. The van der Waals surface area contributed by atoms with Crippen molar-refractivity contribution in [2.24, 2.45) is 0 Å². The first-order valence-electron chi connectivity index (χ1n) is 13.3. The predicted octanol–water partition coefficient (Wildman–Crippen LogP) is 3.97. The van der Waals surface area contributed by atoms with Crippen molar-refractivity contribution < 1.29 is 29.4 Å². The lowest BCUT2D eigenvalue weighted by Crippen LogP contribution is -2.60. The first kappa shape index (κ1) is 29.8. The molecule has 4 heterocycles. The van der Waals surface area contributed by atoms with Crippen molar-refractivity contribution >= 4 is 23.2 Å². The van der Waals surface area contributed by atoms with Crippen LogP contribution in [0.2, 0.25) is 0 Å². The van der Waals surface area contributed by atoms with Gasteiger partial charge in [-0.1, -0.05) is 0 Å². The molecule has 0 radical (unpaired) electrons. The zero-order valence-electron chi connectivity index (χ0n) is 24.2. The van der Waals surface area contributed by atoms with Crippen LogP contribution in [0.5, 0.6) is 5.75 Å². The molecule has 12 heteroatoms. The maximum atomic E-state index is 12.6. The minimum Gasteiger partial charge on any atom is -0.489 e. The summed E-state index contributed by atoms with van der Waals surface area (Å²) in [6.07, 6.45) is 4.26. The topological polar surface area (TPSA) is 154 Å². The molecule has 0 aromatic carbocycles. The number of aromatic nitrogens is 3. The lowest BCUT2D eigenvalue weighted by atomic mass is 9.83. The summed E-state index contributed by atoms with van der Waals surface area (Å²) in [6.45, 7) is 10.5. The Labute approximate surface area is 238 Å².